The molecular formula is C27H29FN2O4. The van der Waals surface area contributed by atoms with Gasteiger partial charge in [0.1, 0.15) is 6.04 Å². The number of amides is 1. The van der Waals surface area contributed by atoms with Gasteiger partial charge in [0, 0.05) is 17.3 Å². The maximum absolute atomic E-state index is 14.1. The molecule has 6 nitrogen and oxygen atoms in total. The Labute approximate surface area is 198 Å². The summed E-state index contributed by atoms with van der Waals surface area (Å²) in [7, 11) is 1.43. The van der Waals surface area contributed by atoms with E-state index in [9.17, 15) is 14.0 Å². The molecular weight excluding hydrogens is 435 g/mol. The molecule has 1 amide bonds. The quantitative estimate of drug-likeness (QED) is 0.410. The highest BCUT2D eigenvalue weighted by Gasteiger charge is 2.19. The zero-order valence-corrected chi connectivity index (χ0v) is 19.9. The molecule has 0 spiro atoms. The van der Waals surface area contributed by atoms with E-state index in [2.05, 4.69) is 10.6 Å². The minimum absolute atomic E-state index is 0.138. The fraction of sp³-hybridized carbons (Fsp3) is 0.259. The molecule has 0 aliphatic heterocycles. The van der Waals surface area contributed by atoms with Gasteiger partial charge in [-0.15, -0.1) is 0 Å². The zero-order chi connectivity index (χ0) is 25.0. The Kier molecular flexibility index (Phi) is 7.56. The third-order valence-electron chi connectivity index (χ3n) is 5.73. The lowest BCUT2D eigenvalue weighted by Crippen LogP contribution is -2.38. The fourth-order valence-electron chi connectivity index (χ4n) is 3.89. The molecule has 2 atom stereocenters. The summed E-state index contributed by atoms with van der Waals surface area (Å²) < 4.78 is 19.1. The molecule has 0 fully saturated rings. The van der Waals surface area contributed by atoms with Gasteiger partial charge in [-0.05, 0) is 79.8 Å². The number of halogens is 1. The monoisotopic (exact) mass is 464 g/mol. The van der Waals surface area contributed by atoms with Crippen LogP contribution in [0.1, 0.15) is 46.9 Å². The third kappa shape index (κ3) is 5.54. The second-order valence-corrected chi connectivity index (χ2v) is 8.36. The highest BCUT2D eigenvalue weighted by Crippen LogP contribution is 2.29. The predicted molar refractivity (Wildman–Crippen MR) is 131 cm³/mol. The van der Waals surface area contributed by atoms with Crippen LogP contribution in [-0.4, -0.2) is 30.1 Å². The molecule has 0 aliphatic rings. The Morgan fingerprint density at radius 3 is 2.24 bits per heavy atom. The Hall–Kier alpha value is -3.87. The van der Waals surface area contributed by atoms with Crippen LogP contribution in [0.25, 0.3) is 11.1 Å². The Morgan fingerprint density at radius 2 is 1.65 bits per heavy atom. The molecule has 178 valence electrons. The SMILES string of the molecule is COc1ccc(C(C)Nc2cccc(-c3cc(C)c(C(=O)N[C@@H](C)C(=O)O)c(C)c3)c2)cc1F. The van der Waals surface area contributed by atoms with E-state index in [0.29, 0.717) is 5.56 Å². The predicted octanol–water partition coefficient (Wildman–Crippen LogP) is 5.49. The summed E-state index contributed by atoms with van der Waals surface area (Å²) >= 11 is 0. The summed E-state index contributed by atoms with van der Waals surface area (Å²) in [6.45, 7) is 7.05. The number of ether oxygens (including phenoxy) is 1. The van der Waals surface area contributed by atoms with Gasteiger partial charge in [0.15, 0.2) is 11.6 Å². The molecule has 0 aliphatic carbocycles. The number of aryl methyl sites for hydroxylation is 2. The second-order valence-electron chi connectivity index (χ2n) is 8.36. The molecule has 0 heterocycles. The van der Waals surface area contributed by atoms with Gasteiger partial charge >= 0.3 is 5.97 Å². The van der Waals surface area contributed by atoms with Gasteiger partial charge in [-0.25, -0.2) is 4.39 Å². The van der Waals surface area contributed by atoms with E-state index in [1.54, 1.807) is 6.07 Å². The number of carboxylic acids is 1. The molecule has 0 aromatic heterocycles. The van der Waals surface area contributed by atoms with Crippen molar-refractivity contribution in [1.29, 1.82) is 0 Å². The molecule has 3 rings (SSSR count). The van der Waals surface area contributed by atoms with Gasteiger partial charge in [0.05, 0.1) is 7.11 Å². The largest absolute Gasteiger partial charge is 0.494 e. The molecule has 0 saturated carbocycles. The molecule has 3 aromatic rings. The second kappa shape index (κ2) is 10.4. The number of hydrogen-bond donors (Lipinski definition) is 3. The Bertz CT molecular complexity index is 1200. The molecule has 7 heteroatoms. The first-order chi connectivity index (χ1) is 16.1. The summed E-state index contributed by atoms with van der Waals surface area (Å²) in [5.74, 6) is -1.70. The van der Waals surface area contributed by atoms with E-state index in [0.717, 1.165) is 33.5 Å². The van der Waals surface area contributed by atoms with Crippen LogP contribution in [0.5, 0.6) is 5.75 Å². The molecule has 1 unspecified atom stereocenters. The lowest BCUT2D eigenvalue weighted by Gasteiger charge is -2.18. The number of anilines is 1. The normalized spacial score (nSPS) is 12.5. The topological polar surface area (TPSA) is 87.7 Å². The van der Waals surface area contributed by atoms with E-state index in [1.807, 2.05) is 63.2 Å². The summed E-state index contributed by atoms with van der Waals surface area (Å²) in [4.78, 5) is 23.7. The van der Waals surface area contributed by atoms with Crippen molar-refractivity contribution in [3.63, 3.8) is 0 Å². The van der Waals surface area contributed by atoms with Crippen LogP contribution >= 0.6 is 0 Å². The average Bonchev–Trinajstić information content (AvgIpc) is 2.78. The van der Waals surface area contributed by atoms with Crippen LogP contribution in [0.4, 0.5) is 10.1 Å². The molecule has 0 bridgehead atoms. The van der Waals surface area contributed by atoms with Crippen LogP contribution < -0.4 is 15.4 Å². The number of aliphatic carboxylic acids is 1. The lowest BCUT2D eigenvalue weighted by molar-refractivity contribution is -0.138. The summed E-state index contributed by atoms with van der Waals surface area (Å²) in [6.07, 6.45) is 0. The van der Waals surface area contributed by atoms with Crippen molar-refractivity contribution in [3.05, 3.63) is 82.7 Å². The number of carbonyl (C=O) groups is 2. The van der Waals surface area contributed by atoms with Gasteiger partial charge in [-0.2, -0.15) is 0 Å². The van der Waals surface area contributed by atoms with Gasteiger partial charge in [0.2, 0.25) is 0 Å². The van der Waals surface area contributed by atoms with E-state index < -0.39 is 23.7 Å². The van der Waals surface area contributed by atoms with Crippen LogP contribution in [-0.2, 0) is 4.79 Å². The Balaban J connectivity index is 1.83. The number of carbonyl (C=O) groups excluding carboxylic acids is 1. The number of carboxylic acid groups (broad SMARTS) is 1. The Morgan fingerprint density at radius 1 is 0.971 bits per heavy atom. The smallest absolute Gasteiger partial charge is 0.325 e. The van der Waals surface area contributed by atoms with E-state index >= 15 is 0 Å². The first-order valence-corrected chi connectivity index (χ1v) is 11.0. The van der Waals surface area contributed by atoms with Crippen molar-refractivity contribution in [2.45, 2.75) is 39.8 Å². The van der Waals surface area contributed by atoms with Crippen molar-refractivity contribution in [2.75, 3.05) is 12.4 Å². The maximum atomic E-state index is 14.1. The van der Waals surface area contributed by atoms with Crippen LogP contribution in [0.15, 0.2) is 54.6 Å². The first kappa shape index (κ1) is 24.8. The lowest BCUT2D eigenvalue weighted by atomic mass is 9.94. The number of nitrogens with one attached hydrogen (secondary N) is 2. The van der Waals surface area contributed by atoms with Crippen LogP contribution in [0, 0.1) is 19.7 Å². The van der Waals surface area contributed by atoms with Crippen molar-refractivity contribution < 1.29 is 23.8 Å². The first-order valence-electron chi connectivity index (χ1n) is 11.0. The molecule has 3 N–H and O–H groups in total. The molecule has 0 saturated heterocycles. The van der Waals surface area contributed by atoms with Crippen molar-refractivity contribution >= 4 is 17.6 Å². The maximum Gasteiger partial charge on any atom is 0.325 e. The van der Waals surface area contributed by atoms with E-state index in [-0.39, 0.29) is 11.8 Å². The number of benzene rings is 3. The molecule has 34 heavy (non-hydrogen) atoms. The van der Waals surface area contributed by atoms with E-state index in [1.165, 1.54) is 20.1 Å². The number of rotatable bonds is 8. The van der Waals surface area contributed by atoms with Gasteiger partial charge < -0.3 is 20.5 Å². The minimum atomic E-state index is -1.09. The average molecular weight is 465 g/mol. The number of hydrogen-bond acceptors (Lipinski definition) is 4. The van der Waals surface area contributed by atoms with Crippen LogP contribution in [0.2, 0.25) is 0 Å². The van der Waals surface area contributed by atoms with Crippen molar-refractivity contribution in [3.8, 4) is 16.9 Å². The van der Waals surface area contributed by atoms with Crippen LogP contribution in [0.3, 0.4) is 0 Å². The third-order valence-corrected chi connectivity index (χ3v) is 5.73. The highest BCUT2D eigenvalue weighted by atomic mass is 19.1. The highest BCUT2D eigenvalue weighted by molar-refractivity contribution is 5.99. The minimum Gasteiger partial charge on any atom is -0.494 e. The van der Waals surface area contributed by atoms with Gasteiger partial charge in [-0.3, -0.25) is 9.59 Å². The molecule has 0 radical (unpaired) electrons. The van der Waals surface area contributed by atoms with E-state index in [4.69, 9.17) is 9.84 Å². The molecule has 3 aromatic carbocycles. The summed E-state index contributed by atoms with van der Waals surface area (Å²) in [5, 5.41) is 15.0. The van der Waals surface area contributed by atoms with Gasteiger partial charge in [-0.1, -0.05) is 30.3 Å². The fourth-order valence-corrected chi connectivity index (χ4v) is 3.89. The number of methoxy groups -OCH3 is 1. The summed E-state index contributed by atoms with van der Waals surface area (Å²) in [5.41, 5.74) is 5.53. The van der Waals surface area contributed by atoms with Gasteiger partial charge in [0.25, 0.3) is 5.91 Å². The zero-order valence-electron chi connectivity index (χ0n) is 19.9. The standard InChI is InChI=1S/C27H29FN2O4/c1-15-11-21(12-16(2)25(15)26(31)30-18(4)27(32)33)20-7-6-8-22(13-20)29-17(3)19-9-10-24(34-5)23(28)14-19/h6-14,17-18,29H,1-5H3,(H,30,31)(H,32,33)/t17?,18-/m0/s1. The van der Waals surface area contributed by atoms with Crippen molar-refractivity contribution in [1.82, 2.24) is 5.32 Å². The summed E-state index contributed by atoms with van der Waals surface area (Å²) in [6, 6.07) is 15.4. The van der Waals surface area contributed by atoms with Crippen molar-refractivity contribution in [2.24, 2.45) is 0 Å².